The van der Waals surface area contributed by atoms with Crippen LogP contribution in [0.15, 0.2) is 30.3 Å². The molecule has 4 atom stereocenters. The van der Waals surface area contributed by atoms with Crippen LogP contribution >= 0.6 is 0 Å². The Labute approximate surface area is 105 Å². The van der Waals surface area contributed by atoms with Gasteiger partial charge in [0.1, 0.15) is 0 Å². The minimum absolute atomic E-state index is 0.447. The quantitative estimate of drug-likeness (QED) is 0.753. The molecule has 0 bridgehead atoms. The molecule has 1 heteroatoms. The van der Waals surface area contributed by atoms with Crippen molar-refractivity contribution in [3.63, 3.8) is 0 Å². The lowest BCUT2D eigenvalue weighted by atomic mass is 9.87. The summed E-state index contributed by atoms with van der Waals surface area (Å²) in [5.74, 6) is 2.51. The first-order valence-corrected chi connectivity index (χ1v) is 6.82. The number of rotatable bonds is 2. The van der Waals surface area contributed by atoms with Gasteiger partial charge in [0.05, 0.1) is 0 Å². The maximum absolute atomic E-state index is 2.57. The molecule has 2 aliphatic rings. The molecule has 2 fully saturated rings. The molecule has 92 valence electrons. The summed E-state index contributed by atoms with van der Waals surface area (Å²) in [4.78, 5) is 2.57. The smallest absolute Gasteiger partial charge is 0.0156 e. The average Bonchev–Trinajstić information content (AvgIpc) is 2.72. The van der Waals surface area contributed by atoms with Crippen LogP contribution in [0, 0.1) is 17.8 Å². The lowest BCUT2D eigenvalue weighted by Gasteiger charge is -2.31. The number of hydrogen-bond donors (Lipinski definition) is 0. The second-order valence-corrected chi connectivity index (χ2v) is 6.46. The van der Waals surface area contributed by atoms with Crippen LogP contribution in [0.4, 0.5) is 0 Å². The van der Waals surface area contributed by atoms with E-state index in [1.54, 1.807) is 5.56 Å². The molecule has 1 aliphatic carbocycles. The SMILES string of the molecule is CC(C)C1C2C(CN1C)C2(C)c1ccccc1. The Balaban J connectivity index is 1.91. The minimum atomic E-state index is 0.447. The Bertz CT molecular complexity index is 411. The molecule has 17 heavy (non-hydrogen) atoms. The second kappa shape index (κ2) is 3.58. The summed E-state index contributed by atoms with van der Waals surface area (Å²) in [7, 11) is 2.29. The molecule has 0 radical (unpaired) electrons. The van der Waals surface area contributed by atoms with E-state index < -0.39 is 0 Å². The zero-order chi connectivity index (χ0) is 12.2. The first-order valence-electron chi connectivity index (χ1n) is 6.82. The Morgan fingerprint density at radius 1 is 1.24 bits per heavy atom. The molecule has 0 aromatic heterocycles. The van der Waals surface area contributed by atoms with Crippen molar-refractivity contribution >= 4 is 0 Å². The minimum Gasteiger partial charge on any atom is -0.303 e. The van der Waals surface area contributed by atoms with Crippen LogP contribution in [0.5, 0.6) is 0 Å². The maximum atomic E-state index is 2.57. The maximum Gasteiger partial charge on any atom is 0.0156 e. The third-order valence-electron chi connectivity index (χ3n) is 5.23. The van der Waals surface area contributed by atoms with Gasteiger partial charge in [-0.3, -0.25) is 0 Å². The van der Waals surface area contributed by atoms with E-state index in [-0.39, 0.29) is 0 Å². The summed E-state index contributed by atoms with van der Waals surface area (Å²) >= 11 is 0. The molecular weight excluding hydrogens is 206 g/mol. The highest BCUT2D eigenvalue weighted by molar-refractivity contribution is 5.39. The van der Waals surface area contributed by atoms with Gasteiger partial charge in [-0.1, -0.05) is 51.1 Å². The number of likely N-dealkylation sites (tertiary alicyclic amines) is 1. The predicted octanol–water partition coefficient (Wildman–Crippen LogP) is 3.16. The molecule has 1 aliphatic heterocycles. The van der Waals surface area contributed by atoms with Crippen molar-refractivity contribution in [3.05, 3.63) is 35.9 Å². The number of piperidine rings is 1. The summed E-state index contributed by atoms with van der Waals surface area (Å²) in [5, 5.41) is 0. The average molecular weight is 229 g/mol. The first-order chi connectivity index (χ1) is 8.06. The highest BCUT2D eigenvalue weighted by Gasteiger charge is 2.69. The van der Waals surface area contributed by atoms with Gasteiger partial charge in [-0.05, 0) is 30.4 Å². The molecule has 0 N–H and O–H groups in total. The van der Waals surface area contributed by atoms with E-state index in [0.717, 1.165) is 23.8 Å². The van der Waals surface area contributed by atoms with E-state index in [4.69, 9.17) is 0 Å². The van der Waals surface area contributed by atoms with Crippen molar-refractivity contribution in [2.45, 2.75) is 32.2 Å². The molecule has 1 saturated carbocycles. The molecule has 1 aromatic carbocycles. The normalized spacial score (nSPS) is 40.6. The lowest BCUT2D eigenvalue weighted by Crippen LogP contribution is -2.38. The van der Waals surface area contributed by atoms with E-state index in [9.17, 15) is 0 Å². The second-order valence-electron chi connectivity index (χ2n) is 6.46. The Morgan fingerprint density at radius 2 is 1.88 bits per heavy atom. The van der Waals surface area contributed by atoms with Crippen LogP contribution in [-0.4, -0.2) is 24.5 Å². The monoisotopic (exact) mass is 229 g/mol. The van der Waals surface area contributed by atoms with Crippen molar-refractivity contribution in [2.24, 2.45) is 17.8 Å². The summed E-state index contributed by atoms with van der Waals surface area (Å²) in [5.41, 5.74) is 2.00. The third-order valence-corrected chi connectivity index (χ3v) is 5.23. The Kier molecular flexibility index (Phi) is 2.38. The molecule has 3 rings (SSSR count). The molecule has 0 spiro atoms. The highest BCUT2D eigenvalue weighted by atomic mass is 15.2. The summed E-state index contributed by atoms with van der Waals surface area (Å²) in [6, 6.07) is 11.9. The highest BCUT2D eigenvalue weighted by Crippen LogP contribution is 2.66. The van der Waals surface area contributed by atoms with Crippen LogP contribution < -0.4 is 0 Å². The van der Waals surface area contributed by atoms with Gasteiger partial charge in [-0.2, -0.15) is 0 Å². The van der Waals surface area contributed by atoms with Gasteiger partial charge < -0.3 is 4.90 Å². The van der Waals surface area contributed by atoms with Crippen molar-refractivity contribution in [3.8, 4) is 0 Å². The van der Waals surface area contributed by atoms with Gasteiger partial charge in [-0.25, -0.2) is 0 Å². The number of hydrogen-bond acceptors (Lipinski definition) is 1. The standard InChI is InChI=1S/C16H23N/c1-11(2)15-14-13(10-17(15)4)16(14,3)12-8-6-5-7-9-12/h5-9,11,13-15H,10H2,1-4H3. The molecule has 0 amide bonds. The fourth-order valence-corrected chi connectivity index (χ4v) is 4.37. The molecule has 1 heterocycles. The van der Waals surface area contributed by atoms with E-state index in [1.165, 1.54) is 6.54 Å². The zero-order valence-corrected chi connectivity index (χ0v) is 11.4. The fourth-order valence-electron chi connectivity index (χ4n) is 4.37. The van der Waals surface area contributed by atoms with E-state index >= 15 is 0 Å². The largest absolute Gasteiger partial charge is 0.303 e. The van der Waals surface area contributed by atoms with E-state index in [2.05, 4.69) is 63.1 Å². The Morgan fingerprint density at radius 3 is 2.47 bits per heavy atom. The van der Waals surface area contributed by atoms with Gasteiger partial charge in [0.25, 0.3) is 0 Å². The van der Waals surface area contributed by atoms with Crippen LogP contribution in [-0.2, 0) is 5.41 Å². The molecular formula is C16H23N. The van der Waals surface area contributed by atoms with Crippen LogP contribution in [0.1, 0.15) is 26.3 Å². The van der Waals surface area contributed by atoms with E-state index in [0.29, 0.717) is 5.41 Å². The zero-order valence-electron chi connectivity index (χ0n) is 11.4. The summed E-state index contributed by atoms with van der Waals surface area (Å²) in [6.07, 6.45) is 0. The van der Waals surface area contributed by atoms with Gasteiger partial charge in [0, 0.05) is 18.0 Å². The summed E-state index contributed by atoms with van der Waals surface area (Å²) in [6.45, 7) is 8.49. The van der Waals surface area contributed by atoms with Crippen LogP contribution in [0.2, 0.25) is 0 Å². The van der Waals surface area contributed by atoms with E-state index in [1.807, 2.05) is 0 Å². The molecule has 4 unspecified atom stereocenters. The molecule has 1 nitrogen and oxygen atoms in total. The van der Waals surface area contributed by atoms with Crippen LogP contribution in [0.25, 0.3) is 0 Å². The third kappa shape index (κ3) is 1.41. The Hall–Kier alpha value is -0.820. The number of fused-ring (bicyclic) bond motifs is 1. The predicted molar refractivity (Wildman–Crippen MR) is 72.0 cm³/mol. The number of benzene rings is 1. The first kappa shape index (κ1) is 11.3. The molecule has 1 saturated heterocycles. The van der Waals surface area contributed by atoms with Gasteiger partial charge in [0.15, 0.2) is 0 Å². The topological polar surface area (TPSA) is 3.24 Å². The van der Waals surface area contributed by atoms with Crippen LogP contribution in [0.3, 0.4) is 0 Å². The van der Waals surface area contributed by atoms with Crippen molar-refractivity contribution in [2.75, 3.05) is 13.6 Å². The van der Waals surface area contributed by atoms with Crippen molar-refractivity contribution in [1.82, 2.24) is 4.90 Å². The van der Waals surface area contributed by atoms with Crippen molar-refractivity contribution in [1.29, 1.82) is 0 Å². The summed E-state index contributed by atoms with van der Waals surface area (Å²) < 4.78 is 0. The van der Waals surface area contributed by atoms with Gasteiger partial charge in [-0.15, -0.1) is 0 Å². The number of nitrogens with zero attached hydrogens (tertiary/aromatic N) is 1. The van der Waals surface area contributed by atoms with Crippen molar-refractivity contribution < 1.29 is 0 Å². The molecule has 1 aromatic rings. The van der Waals surface area contributed by atoms with Gasteiger partial charge >= 0.3 is 0 Å². The lowest BCUT2D eigenvalue weighted by molar-refractivity contribution is 0.191. The fraction of sp³-hybridized carbons (Fsp3) is 0.625. The van der Waals surface area contributed by atoms with Gasteiger partial charge in [0.2, 0.25) is 0 Å².